The van der Waals surface area contributed by atoms with Crippen molar-refractivity contribution in [1.29, 1.82) is 0 Å². The van der Waals surface area contributed by atoms with Gasteiger partial charge in [0, 0.05) is 6.42 Å². The Morgan fingerprint density at radius 2 is 2.38 bits per heavy atom. The third kappa shape index (κ3) is 1.91. The monoisotopic (exact) mass is 222 g/mol. The van der Waals surface area contributed by atoms with Gasteiger partial charge in [0.25, 0.3) is 0 Å². The van der Waals surface area contributed by atoms with Crippen molar-refractivity contribution >= 4 is 11.8 Å². The first kappa shape index (κ1) is 11.4. The fourth-order valence-corrected chi connectivity index (χ4v) is 2.93. The lowest BCUT2D eigenvalue weighted by atomic mass is 9.65. The molecule has 1 fully saturated rings. The summed E-state index contributed by atoms with van der Waals surface area (Å²) in [6.07, 6.45) is 8.98. The Morgan fingerprint density at radius 3 is 3.00 bits per heavy atom. The molecule has 3 nitrogen and oxygen atoms in total. The molecule has 1 aliphatic carbocycles. The minimum atomic E-state index is -0.409. The van der Waals surface area contributed by atoms with E-state index in [0.717, 1.165) is 32.1 Å². The third-order valence-corrected chi connectivity index (χ3v) is 3.89. The molecule has 16 heavy (non-hydrogen) atoms. The number of rotatable bonds is 3. The van der Waals surface area contributed by atoms with E-state index in [1.165, 1.54) is 6.26 Å². The first-order valence-electron chi connectivity index (χ1n) is 6.03. The molecule has 2 aliphatic rings. The molecule has 0 amide bonds. The van der Waals surface area contributed by atoms with Gasteiger partial charge in [0.05, 0.1) is 11.7 Å². The zero-order valence-corrected chi connectivity index (χ0v) is 9.70. The van der Waals surface area contributed by atoms with Gasteiger partial charge in [-0.15, -0.1) is 0 Å². The molecule has 1 heterocycles. The molecular formula is C13H18O3. The summed E-state index contributed by atoms with van der Waals surface area (Å²) in [7, 11) is 0. The maximum Gasteiger partial charge on any atom is 0.321 e. The quantitative estimate of drug-likeness (QED) is 0.689. The largest absolute Gasteiger partial charge is 0.434 e. The fraction of sp³-hybridized carbons (Fsp3) is 0.692. The van der Waals surface area contributed by atoms with E-state index in [0.29, 0.717) is 6.42 Å². The van der Waals surface area contributed by atoms with Crippen LogP contribution in [0.1, 0.15) is 45.4 Å². The Kier molecular flexibility index (Phi) is 3.13. The third-order valence-electron chi connectivity index (χ3n) is 3.89. The van der Waals surface area contributed by atoms with Gasteiger partial charge in [-0.1, -0.05) is 12.8 Å². The summed E-state index contributed by atoms with van der Waals surface area (Å²) in [6.45, 7) is 1.61. The zero-order valence-electron chi connectivity index (χ0n) is 9.70. The highest BCUT2D eigenvalue weighted by Gasteiger charge is 2.48. The summed E-state index contributed by atoms with van der Waals surface area (Å²) in [5.74, 6) is 0.383. The fourth-order valence-electron chi connectivity index (χ4n) is 2.93. The Labute approximate surface area is 95.9 Å². The van der Waals surface area contributed by atoms with Crippen LogP contribution >= 0.6 is 0 Å². The van der Waals surface area contributed by atoms with Gasteiger partial charge in [0.15, 0.2) is 0 Å². The molecule has 3 heteroatoms. The molecule has 0 bridgehead atoms. The van der Waals surface area contributed by atoms with E-state index in [2.05, 4.69) is 0 Å². The molecule has 0 radical (unpaired) electrons. The SMILES string of the molecule is CC(=O)CC[C@H]1CCCC[C@]12C=COC2=O. The van der Waals surface area contributed by atoms with Crippen molar-refractivity contribution < 1.29 is 14.3 Å². The number of hydrogen-bond donors (Lipinski definition) is 0. The predicted molar refractivity (Wildman–Crippen MR) is 59.5 cm³/mol. The Morgan fingerprint density at radius 1 is 1.56 bits per heavy atom. The lowest BCUT2D eigenvalue weighted by Gasteiger charge is -2.36. The zero-order chi connectivity index (χ0) is 11.6. The van der Waals surface area contributed by atoms with E-state index in [1.54, 1.807) is 6.92 Å². The second kappa shape index (κ2) is 4.40. The van der Waals surface area contributed by atoms with E-state index in [1.807, 2.05) is 6.08 Å². The van der Waals surface area contributed by atoms with Crippen LogP contribution in [0.2, 0.25) is 0 Å². The number of carbonyl (C=O) groups is 2. The first-order chi connectivity index (χ1) is 7.65. The molecule has 0 unspecified atom stereocenters. The van der Waals surface area contributed by atoms with Crippen LogP contribution < -0.4 is 0 Å². The molecular weight excluding hydrogens is 204 g/mol. The average molecular weight is 222 g/mol. The average Bonchev–Trinajstić information content (AvgIpc) is 2.60. The Hall–Kier alpha value is -1.12. The Bertz CT molecular complexity index is 332. The van der Waals surface area contributed by atoms with Crippen LogP contribution in [-0.4, -0.2) is 11.8 Å². The molecule has 88 valence electrons. The van der Waals surface area contributed by atoms with Gasteiger partial charge < -0.3 is 9.53 Å². The smallest absolute Gasteiger partial charge is 0.321 e. The van der Waals surface area contributed by atoms with Gasteiger partial charge in [-0.3, -0.25) is 4.79 Å². The van der Waals surface area contributed by atoms with Crippen LogP contribution in [0.5, 0.6) is 0 Å². The van der Waals surface area contributed by atoms with Gasteiger partial charge in [-0.25, -0.2) is 0 Å². The first-order valence-corrected chi connectivity index (χ1v) is 6.03. The minimum Gasteiger partial charge on any atom is -0.434 e. The van der Waals surface area contributed by atoms with Crippen LogP contribution in [0, 0.1) is 11.3 Å². The molecule has 2 atom stereocenters. The lowest BCUT2D eigenvalue weighted by Crippen LogP contribution is -2.37. The van der Waals surface area contributed by atoms with Gasteiger partial charge in [0.1, 0.15) is 5.78 Å². The summed E-state index contributed by atoms with van der Waals surface area (Å²) in [6, 6.07) is 0. The minimum absolute atomic E-state index is 0.110. The van der Waals surface area contributed by atoms with Gasteiger partial charge in [0.2, 0.25) is 0 Å². The summed E-state index contributed by atoms with van der Waals surface area (Å²) >= 11 is 0. The maximum atomic E-state index is 11.8. The lowest BCUT2D eigenvalue weighted by molar-refractivity contribution is -0.148. The standard InChI is InChI=1S/C13H18O3/c1-10(14)5-6-11-4-2-3-7-13(11)8-9-16-12(13)15/h8-9,11H,2-7H2,1H3/t11-,13+/m1/s1. The molecule has 0 N–H and O–H groups in total. The molecule has 2 rings (SSSR count). The van der Waals surface area contributed by atoms with Crippen LogP contribution in [0.25, 0.3) is 0 Å². The highest BCUT2D eigenvalue weighted by Crippen LogP contribution is 2.47. The highest BCUT2D eigenvalue weighted by molar-refractivity contribution is 5.82. The van der Waals surface area contributed by atoms with Crippen molar-refractivity contribution in [2.75, 3.05) is 0 Å². The van der Waals surface area contributed by atoms with Crippen LogP contribution in [-0.2, 0) is 14.3 Å². The van der Waals surface area contributed by atoms with Crippen LogP contribution in [0.15, 0.2) is 12.3 Å². The maximum absolute atomic E-state index is 11.8. The van der Waals surface area contributed by atoms with E-state index < -0.39 is 5.41 Å². The predicted octanol–water partition coefficient (Wildman–Crippen LogP) is 2.60. The molecule has 0 aromatic carbocycles. The second-order valence-corrected chi connectivity index (χ2v) is 4.93. The van der Waals surface area contributed by atoms with E-state index in [9.17, 15) is 9.59 Å². The molecule has 1 aliphatic heterocycles. The van der Waals surface area contributed by atoms with Gasteiger partial charge in [-0.2, -0.15) is 0 Å². The van der Waals surface area contributed by atoms with Crippen molar-refractivity contribution in [2.45, 2.75) is 45.4 Å². The topological polar surface area (TPSA) is 43.4 Å². The highest BCUT2D eigenvalue weighted by atomic mass is 16.5. The van der Waals surface area contributed by atoms with Crippen molar-refractivity contribution in [2.24, 2.45) is 11.3 Å². The van der Waals surface area contributed by atoms with Crippen molar-refractivity contribution in [3.8, 4) is 0 Å². The van der Waals surface area contributed by atoms with Crippen molar-refractivity contribution in [3.05, 3.63) is 12.3 Å². The molecule has 0 aromatic rings. The van der Waals surface area contributed by atoms with E-state index in [-0.39, 0.29) is 17.7 Å². The molecule has 1 saturated carbocycles. The number of cyclic esters (lactones) is 1. The second-order valence-electron chi connectivity index (χ2n) is 4.93. The van der Waals surface area contributed by atoms with Gasteiger partial charge in [-0.05, 0) is 38.2 Å². The van der Waals surface area contributed by atoms with E-state index >= 15 is 0 Å². The van der Waals surface area contributed by atoms with Crippen molar-refractivity contribution in [1.82, 2.24) is 0 Å². The van der Waals surface area contributed by atoms with Crippen molar-refractivity contribution in [3.63, 3.8) is 0 Å². The number of hydrogen-bond acceptors (Lipinski definition) is 3. The summed E-state index contributed by atoms with van der Waals surface area (Å²) < 4.78 is 4.98. The number of ketones is 1. The van der Waals surface area contributed by atoms with Crippen LogP contribution in [0.4, 0.5) is 0 Å². The molecule has 1 spiro atoms. The van der Waals surface area contributed by atoms with Gasteiger partial charge >= 0.3 is 5.97 Å². The number of carbonyl (C=O) groups excluding carboxylic acids is 2. The molecule has 0 aromatic heterocycles. The Balaban J connectivity index is 2.10. The number of ether oxygens (including phenoxy) is 1. The number of Topliss-reactive ketones (excluding diaryl/α,β-unsaturated/α-hetero) is 1. The summed E-state index contributed by atoms with van der Waals surface area (Å²) in [5.41, 5.74) is -0.409. The van der Waals surface area contributed by atoms with Crippen LogP contribution in [0.3, 0.4) is 0 Å². The van der Waals surface area contributed by atoms with E-state index in [4.69, 9.17) is 4.74 Å². The molecule has 0 saturated heterocycles. The summed E-state index contributed by atoms with van der Waals surface area (Å²) in [5, 5.41) is 0. The summed E-state index contributed by atoms with van der Waals surface area (Å²) in [4.78, 5) is 22.9. The normalized spacial score (nSPS) is 33.1. The number of esters is 1.